The van der Waals surface area contributed by atoms with Crippen LogP contribution in [-0.4, -0.2) is 41.5 Å². The van der Waals surface area contributed by atoms with E-state index in [0.717, 1.165) is 19.4 Å². The summed E-state index contributed by atoms with van der Waals surface area (Å²) < 4.78 is 0. The van der Waals surface area contributed by atoms with Gasteiger partial charge in [0.2, 0.25) is 5.91 Å². The number of unbranched alkanes of at least 4 members (excludes halogenated alkanes) is 1. The number of hydrogen-bond donors (Lipinski definition) is 2. The summed E-state index contributed by atoms with van der Waals surface area (Å²) in [5.74, 6) is 3.83. The van der Waals surface area contributed by atoms with Crippen LogP contribution in [0.3, 0.4) is 0 Å². The molecule has 1 amide bonds. The number of rotatable bonds is 6. The number of nitrogens with two attached hydrogens (primary N) is 1. The Kier molecular flexibility index (Phi) is 7.30. The van der Waals surface area contributed by atoms with E-state index in [1.54, 1.807) is 0 Å². The van der Waals surface area contributed by atoms with Crippen LogP contribution in [0, 0.1) is 0 Å². The van der Waals surface area contributed by atoms with Gasteiger partial charge >= 0.3 is 0 Å². The van der Waals surface area contributed by atoms with Gasteiger partial charge in [0.05, 0.1) is 0 Å². The topological polar surface area (TPSA) is 55.1 Å². The van der Waals surface area contributed by atoms with Gasteiger partial charge in [-0.15, -0.1) is 0 Å². The number of nitrogens with one attached hydrogen (secondary N) is 1. The van der Waals surface area contributed by atoms with Gasteiger partial charge in [0.25, 0.3) is 0 Å². The highest BCUT2D eigenvalue weighted by atomic mass is 32.2. The van der Waals surface area contributed by atoms with Gasteiger partial charge in [0.15, 0.2) is 0 Å². The minimum absolute atomic E-state index is 0.180. The third-order valence-electron chi connectivity index (χ3n) is 2.27. The lowest BCUT2D eigenvalue weighted by atomic mass is 10.2. The molecular formula is C10H20N2OS2. The second kappa shape index (κ2) is 8.30. The van der Waals surface area contributed by atoms with E-state index in [4.69, 9.17) is 5.73 Å². The van der Waals surface area contributed by atoms with Crippen LogP contribution in [0.5, 0.6) is 0 Å². The van der Waals surface area contributed by atoms with Crippen LogP contribution in [-0.2, 0) is 4.79 Å². The first-order valence-corrected chi connectivity index (χ1v) is 7.69. The first kappa shape index (κ1) is 13.2. The van der Waals surface area contributed by atoms with Crippen molar-refractivity contribution in [2.45, 2.75) is 24.5 Å². The third kappa shape index (κ3) is 6.33. The summed E-state index contributed by atoms with van der Waals surface area (Å²) in [5.41, 5.74) is 5.37. The Bertz CT molecular complexity index is 184. The highest BCUT2D eigenvalue weighted by molar-refractivity contribution is 8.06. The largest absolute Gasteiger partial charge is 0.355 e. The van der Waals surface area contributed by atoms with Crippen molar-refractivity contribution in [2.75, 3.05) is 30.3 Å². The Balaban J connectivity index is 2.00. The van der Waals surface area contributed by atoms with Crippen LogP contribution in [0.4, 0.5) is 0 Å². The predicted molar refractivity (Wildman–Crippen MR) is 69.5 cm³/mol. The highest BCUT2D eigenvalue weighted by Gasteiger charge is 2.14. The van der Waals surface area contributed by atoms with Gasteiger partial charge in [-0.2, -0.15) is 23.5 Å². The van der Waals surface area contributed by atoms with Crippen molar-refractivity contribution in [1.29, 1.82) is 0 Å². The second-order valence-corrected chi connectivity index (χ2v) is 6.18. The average molecular weight is 248 g/mol. The summed E-state index contributed by atoms with van der Waals surface area (Å²) in [6.45, 7) is 1.52. The minimum Gasteiger partial charge on any atom is -0.355 e. The van der Waals surface area contributed by atoms with Crippen LogP contribution in [0.1, 0.15) is 19.3 Å². The molecule has 0 bridgehead atoms. The zero-order valence-corrected chi connectivity index (χ0v) is 10.7. The molecule has 5 heteroatoms. The van der Waals surface area contributed by atoms with E-state index in [1.165, 1.54) is 17.3 Å². The molecule has 0 aromatic heterocycles. The van der Waals surface area contributed by atoms with Crippen LogP contribution in [0.15, 0.2) is 0 Å². The van der Waals surface area contributed by atoms with Gasteiger partial charge in [-0.1, -0.05) is 0 Å². The Hall–Kier alpha value is 0.130. The molecule has 1 rings (SSSR count). The van der Waals surface area contributed by atoms with E-state index in [1.807, 2.05) is 23.5 Å². The fraction of sp³-hybridized carbons (Fsp3) is 0.900. The lowest BCUT2D eigenvalue weighted by molar-refractivity contribution is -0.121. The van der Waals surface area contributed by atoms with Gasteiger partial charge in [0, 0.05) is 35.5 Å². The maximum atomic E-state index is 11.4. The van der Waals surface area contributed by atoms with Crippen molar-refractivity contribution in [3.05, 3.63) is 0 Å². The first-order chi connectivity index (χ1) is 7.33. The molecule has 15 heavy (non-hydrogen) atoms. The normalized spacial score (nSPS) is 21.3. The van der Waals surface area contributed by atoms with E-state index in [0.29, 0.717) is 18.2 Å². The number of hydrogen-bond acceptors (Lipinski definition) is 4. The molecule has 0 aromatic rings. The number of thioether (sulfide) groups is 2. The monoisotopic (exact) mass is 248 g/mol. The molecule has 0 saturated carbocycles. The summed E-state index contributed by atoms with van der Waals surface area (Å²) in [6.07, 6.45) is 2.48. The highest BCUT2D eigenvalue weighted by Crippen LogP contribution is 2.23. The molecule has 88 valence electrons. The van der Waals surface area contributed by atoms with E-state index >= 15 is 0 Å². The molecule has 3 N–H and O–H groups in total. The van der Waals surface area contributed by atoms with Crippen molar-refractivity contribution >= 4 is 29.4 Å². The van der Waals surface area contributed by atoms with Gasteiger partial charge < -0.3 is 11.1 Å². The molecule has 3 nitrogen and oxygen atoms in total. The Labute approximate surface area is 100 Å². The van der Waals surface area contributed by atoms with Crippen molar-refractivity contribution < 1.29 is 4.79 Å². The fourth-order valence-corrected chi connectivity index (χ4v) is 4.01. The van der Waals surface area contributed by atoms with E-state index in [-0.39, 0.29) is 5.91 Å². The van der Waals surface area contributed by atoms with Crippen molar-refractivity contribution in [1.82, 2.24) is 5.32 Å². The van der Waals surface area contributed by atoms with Gasteiger partial charge in [-0.05, 0) is 19.4 Å². The Morgan fingerprint density at radius 1 is 1.40 bits per heavy atom. The quantitative estimate of drug-likeness (QED) is 0.691. The molecule has 1 aliphatic heterocycles. The molecule has 1 unspecified atom stereocenters. The van der Waals surface area contributed by atoms with Crippen molar-refractivity contribution in [3.63, 3.8) is 0 Å². The zero-order valence-electron chi connectivity index (χ0n) is 9.04. The molecule has 0 spiro atoms. The van der Waals surface area contributed by atoms with Crippen LogP contribution >= 0.6 is 23.5 Å². The first-order valence-electron chi connectivity index (χ1n) is 5.49. The third-order valence-corrected chi connectivity index (χ3v) is 5.11. The molecule has 1 aliphatic rings. The molecule has 0 aliphatic carbocycles. The summed E-state index contributed by atoms with van der Waals surface area (Å²) in [4.78, 5) is 11.4. The molecular weight excluding hydrogens is 228 g/mol. The molecule has 1 heterocycles. The van der Waals surface area contributed by atoms with Crippen molar-refractivity contribution in [3.8, 4) is 0 Å². The summed E-state index contributed by atoms with van der Waals surface area (Å²) in [6, 6.07) is 0. The van der Waals surface area contributed by atoms with E-state index in [9.17, 15) is 4.79 Å². The molecule has 1 saturated heterocycles. The number of amides is 1. The van der Waals surface area contributed by atoms with Crippen LogP contribution < -0.4 is 11.1 Å². The standard InChI is InChI=1S/C10H20N2OS2/c11-4-2-1-3-10(13)12-7-9-8-14-5-6-15-9/h9H,1-8,11H2,(H,12,13). The Morgan fingerprint density at radius 3 is 2.93 bits per heavy atom. The van der Waals surface area contributed by atoms with E-state index in [2.05, 4.69) is 5.32 Å². The zero-order chi connectivity index (χ0) is 10.9. The van der Waals surface area contributed by atoms with E-state index < -0.39 is 0 Å². The maximum Gasteiger partial charge on any atom is 0.220 e. The second-order valence-electron chi connectivity index (χ2n) is 3.62. The SMILES string of the molecule is NCCCCC(=O)NCC1CSCCS1. The lowest BCUT2D eigenvalue weighted by Crippen LogP contribution is -2.33. The molecule has 0 radical (unpaired) electrons. The smallest absolute Gasteiger partial charge is 0.220 e. The fourth-order valence-electron chi connectivity index (χ4n) is 1.40. The van der Waals surface area contributed by atoms with Gasteiger partial charge in [-0.3, -0.25) is 4.79 Å². The van der Waals surface area contributed by atoms with Gasteiger partial charge in [-0.25, -0.2) is 0 Å². The van der Waals surface area contributed by atoms with Gasteiger partial charge in [0.1, 0.15) is 0 Å². The average Bonchev–Trinajstić information content (AvgIpc) is 2.28. The lowest BCUT2D eigenvalue weighted by Gasteiger charge is -2.21. The predicted octanol–water partition coefficient (Wildman–Crippen LogP) is 1.08. The van der Waals surface area contributed by atoms with Crippen LogP contribution in [0.25, 0.3) is 0 Å². The molecule has 1 fully saturated rings. The maximum absolute atomic E-state index is 11.4. The summed E-state index contributed by atoms with van der Waals surface area (Å²) >= 11 is 3.97. The molecule has 1 atom stereocenters. The Morgan fingerprint density at radius 2 is 2.27 bits per heavy atom. The number of carbonyl (C=O) groups is 1. The van der Waals surface area contributed by atoms with Crippen molar-refractivity contribution in [2.24, 2.45) is 5.73 Å². The summed E-state index contributed by atoms with van der Waals surface area (Å²) in [5, 5.41) is 3.61. The van der Waals surface area contributed by atoms with Crippen LogP contribution in [0.2, 0.25) is 0 Å². The molecule has 0 aromatic carbocycles. The minimum atomic E-state index is 0.180. The summed E-state index contributed by atoms with van der Waals surface area (Å²) in [7, 11) is 0. The number of carbonyl (C=O) groups excluding carboxylic acids is 1.